The zero-order valence-corrected chi connectivity index (χ0v) is 27.9. The molecule has 2 rings (SSSR count). The van der Waals surface area contributed by atoms with E-state index >= 15 is 0 Å². The third-order valence-corrected chi connectivity index (χ3v) is 10.9. The number of hydrogen-bond donors (Lipinski definition) is 3. The fourth-order valence-electron chi connectivity index (χ4n) is 6.89. The number of cyclic esters (lactones) is 1. The van der Waals surface area contributed by atoms with Crippen LogP contribution in [0.3, 0.4) is 0 Å². The molecule has 1 unspecified atom stereocenters. The molecule has 0 aromatic carbocycles. The lowest BCUT2D eigenvalue weighted by Crippen LogP contribution is -2.61. The minimum absolute atomic E-state index is 0.0874. The zero-order valence-electron chi connectivity index (χ0n) is 27.9. The predicted octanol–water partition coefficient (Wildman–Crippen LogP) is 3.80. The molecule has 42 heavy (non-hydrogen) atoms. The molecule has 10 nitrogen and oxygen atoms in total. The highest BCUT2D eigenvalue weighted by Gasteiger charge is 2.54. The fraction of sp³-hybridized carbons (Fsp3) is 0.938. The maximum Gasteiger partial charge on any atom is 0.311 e. The van der Waals surface area contributed by atoms with Crippen molar-refractivity contribution in [3.63, 3.8) is 0 Å². The Balaban J connectivity index is 2.62. The minimum atomic E-state index is -1.90. The number of esters is 1. The van der Waals surface area contributed by atoms with Gasteiger partial charge in [-0.2, -0.15) is 0 Å². The molecule has 0 radical (unpaired) electrons. The Labute approximate surface area is 252 Å². The lowest BCUT2D eigenvalue weighted by molar-refractivity contribution is -0.298. The smallest absolute Gasteiger partial charge is 0.311 e. The number of carbonyl (C=O) groups excluding carboxylic acids is 2. The molecule has 2 fully saturated rings. The average Bonchev–Trinajstić information content (AvgIpc) is 2.94. The quantitative estimate of drug-likeness (QED) is 0.385. The van der Waals surface area contributed by atoms with Gasteiger partial charge in [-0.1, -0.05) is 34.6 Å². The van der Waals surface area contributed by atoms with Gasteiger partial charge in [-0.25, -0.2) is 0 Å². The number of aliphatic hydroxyl groups is 3. The molecule has 2 aliphatic heterocycles. The lowest BCUT2D eigenvalue weighted by Gasteiger charge is -2.48. The molecule has 13 atom stereocenters. The first-order valence-corrected chi connectivity index (χ1v) is 15.5. The Kier molecular flexibility index (Phi) is 12.2. The van der Waals surface area contributed by atoms with Crippen molar-refractivity contribution in [2.45, 2.75) is 154 Å². The van der Waals surface area contributed by atoms with E-state index in [1.165, 1.54) is 14.0 Å². The van der Waals surface area contributed by atoms with Crippen LogP contribution in [0.25, 0.3) is 0 Å². The molecule has 0 aromatic heterocycles. The van der Waals surface area contributed by atoms with Crippen molar-refractivity contribution in [3.8, 4) is 0 Å². The van der Waals surface area contributed by atoms with Crippen molar-refractivity contribution < 1.29 is 48.6 Å². The van der Waals surface area contributed by atoms with E-state index in [0.717, 1.165) is 0 Å². The van der Waals surface area contributed by atoms with Crippen molar-refractivity contribution >= 4 is 11.8 Å². The van der Waals surface area contributed by atoms with E-state index in [1.54, 1.807) is 41.7 Å². The number of methoxy groups -OCH3 is 2. The Hall–Kier alpha value is -1.14. The van der Waals surface area contributed by atoms with Gasteiger partial charge in [-0.3, -0.25) is 9.59 Å². The van der Waals surface area contributed by atoms with Gasteiger partial charge in [0.25, 0.3) is 0 Å². The predicted molar refractivity (Wildman–Crippen MR) is 158 cm³/mol. The molecule has 246 valence electrons. The molecule has 0 bridgehead atoms. The van der Waals surface area contributed by atoms with E-state index < -0.39 is 70.9 Å². The van der Waals surface area contributed by atoms with Crippen LogP contribution in [0.1, 0.15) is 101 Å². The van der Waals surface area contributed by atoms with Crippen molar-refractivity contribution in [1.82, 2.24) is 0 Å². The number of ether oxygens (including phenoxy) is 5. The summed E-state index contributed by atoms with van der Waals surface area (Å²) in [5.74, 6) is -2.56. The Morgan fingerprint density at radius 2 is 1.50 bits per heavy atom. The third-order valence-electron chi connectivity index (χ3n) is 10.9. The summed E-state index contributed by atoms with van der Waals surface area (Å²) in [6.45, 7) is 17.9. The van der Waals surface area contributed by atoms with E-state index in [1.807, 2.05) is 27.7 Å². The highest BCUT2D eigenvalue weighted by atomic mass is 16.7. The first-order chi connectivity index (χ1) is 19.3. The van der Waals surface area contributed by atoms with Gasteiger partial charge in [0.1, 0.15) is 29.2 Å². The number of hydrogen-bond acceptors (Lipinski definition) is 10. The lowest BCUT2D eigenvalue weighted by atomic mass is 9.69. The first kappa shape index (κ1) is 37.0. The van der Waals surface area contributed by atoms with Crippen LogP contribution in [0.15, 0.2) is 0 Å². The molecule has 0 spiro atoms. The summed E-state index contributed by atoms with van der Waals surface area (Å²) in [5.41, 5.74) is -5.43. The summed E-state index contributed by atoms with van der Waals surface area (Å²) < 4.78 is 30.3. The molecule has 3 N–H and O–H groups in total. The number of Topliss-reactive ketones (excluding diaryl/α,β-unsaturated/α-hetero) is 1. The number of rotatable bonds is 6. The maximum absolute atomic E-state index is 13.8. The average molecular weight is 603 g/mol. The second-order valence-electron chi connectivity index (χ2n) is 13.6. The normalized spacial score (nSPS) is 48.4. The summed E-state index contributed by atoms with van der Waals surface area (Å²) in [6.07, 6.45) is -3.40. The van der Waals surface area contributed by atoms with Crippen molar-refractivity contribution in [1.29, 1.82) is 0 Å². The van der Waals surface area contributed by atoms with Crippen LogP contribution < -0.4 is 0 Å². The van der Waals surface area contributed by atoms with Crippen LogP contribution in [0.5, 0.6) is 0 Å². The van der Waals surface area contributed by atoms with Crippen molar-refractivity contribution in [2.75, 3.05) is 14.2 Å². The van der Waals surface area contributed by atoms with Gasteiger partial charge in [0.15, 0.2) is 6.29 Å². The van der Waals surface area contributed by atoms with Gasteiger partial charge in [0.2, 0.25) is 0 Å². The standard InChI is InChI=1S/C32H58O10/c1-13-24-31(10,36)32(37,14-2)16-23(33)18(3)15-29(8,38-11)21(6)19(4)26(20(5)28(35)41-24)42-25-17-30(9,39-12)27(34)22(7)40-25/h18-22,24-27,34,36-37H,13-17H2,1-12H3/t18-,19-,20-,21-,22+,24-,25+,26+,27+,29-,30-,31-,32?/m1/s1. The minimum Gasteiger partial charge on any atom is -0.459 e. The summed E-state index contributed by atoms with van der Waals surface area (Å²) in [7, 11) is 3.14. The molecule has 2 saturated heterocycles. The van der Waals surface area contributed by atoms with Crippen LogP contribution in [0.2, 0.25) is 0 Å². The first-order valence-electron chi connectivity index (χ1n) is 15.5. The van der Waals surface area contributed by atoms with E-state index in [-0.39, 0.29) is 43.3 Å². The summed E-state index contributed by atoms with van der Waals surface area (Å²) in [4.78, 5) is 27.3. The Bertz CT molecular complexity index is 925. The molecule has 2 aliphatic rings. The molecule has 2 heterocycles. The van der Waals surface area contributed by atoms with E-state index in [0.29, 0.717) is 6.42 Å². The number of carbonyl (C=O) groups is 2. The number of ketones is 1. The molecule has 0 amide bonds. The molecule has 0 aliphatic carbocycles. The fourth-order valence-corrected chi connectivity index (χ4v) is 6.89. The highest BCUT2D eigenvalue weighted by Crippen LogP contribution is 2.42. The topological polar surface area (TPSA) is 141 Å². The largest absolute Gasteiger partial charge is 0.459 e. The zero-order chi connectivity index (χ0) is 32.4. The molecular weight excluding hydrogens is 544 g/mol. The number of aliphatic hydroxyl groups excluding tert-OH is 1. The Morgan fingerprint density at radius 1 is 0.929 bits per heavy atom. The van der Waals surface area contributed by atoms with Crippen LogP contribution in [0.4, 0.5) is 0 Å². The van der Waals surface area contributed by atoms with Crippen LogP contribution in [0, 0.1) is 23.7 Å². The van der Waals surface area contributed by atoms with Crippen molar-refractivity contribution in [2.24, 2.45) is 23.7 Å². The van der Waals surface area contributed by atoms with Crippen LogP contribution >= 0.6 is 0 Å². The summed E-state index contributed by atoms with van der Waals surface area (Å²) in [5, 5.41) is 34.1. The maximum atomic E-state index is 13.8. The molecule has 0 aromatic rings. The van der Waals surface area contributed by atoms with E-state index in [2.05, 4.69) is 0 Å². The molecular formula is C32H58O10. The van der Waals surface area contributed by atoms with Gasteiger partial charge in [-0.15, -0.1) is 0 Å². The third kappa shape index (κ3) is 7.22. The van der Waals surface area contributed by atoms with Gasteiger partial charge in [0, 0.05) is 33.0 Å². The molecule has 0 saturated carbocycles. The second-order valence-corrected chi connectivity index (χ2v) is 13.6. The van der Waals surface area contributed by atoms with Gasteiger partial charge >= 0.3 is 5.97 Å². The summed E-state index contributed by atoms with van der Waals surface area (Å²) in [6, 6.07) is 0. The van der Waals surface area contributed by atoms with E-state index in [9.17, 15) is 24.9 Å². The molecule has 10 heteroatoms. The monoisotopic (exact) mass is 602 g/mol. The van der Waals surface area contributed by atoms with Crippen molar-refractivity contribution in [3.05, 3.63) is 0 Å². The van der Waals surface area contributed by atoms with Gasteiger partial charge < -0.3 is 39.0 Å². The van der Waals surface area contributed by atoms with Gasteiger partial charge in [-0.05, 0) is 65.7 Å². The van der Waals surface area contributed by atoms with Crippen LogP contribution in [-0.4, -0.2) is 94.4 Å². The van der Waals surface area contributed by atoms with Gasteiger partial charge in [0.05, 0.1) is 29.3 Å². The van der Waals surface area contributed by atoms with Crippen LogP contribution in [-0.2, 0) is 33.3 Å². The highest BCUT2D eigenvalue weighted by molar-refractivity contribution is 5.82. The summed E-state index contributed by atoms with van der Waals surface area (Å²) >= 11 is 0. The van der Waals surface area contributed by atoms with E-state index in [4.69, 9.17) is 23.7 Å². The second kappa shape index (κ2) is 13.9. The Morgan fingerprint density at radius 3 is 2.00 bits per heavy atom. The SMILES string of the molecule is CC[C@H]1OC(=O)[C@H](C)[C@@H](O[C@H]2C[C@@](C)(OC)[C@@H](O)[C@H](C)O2)[C@H](C)[C@@H](C)[C@](C)(OC)C[C@@H](C)C(=O)CC(O)(CC)[C@]1(C)O.